The molecule has 4 nitrogen and oxygen atoms in total. The number of aromatic hydroxyl groups is 1. The van der Waals surface area contributed by atoms with Gasteiger partial charge in [0.25, 0.3) is 5.91 Å². The van der Waals surface area contributed by atoms with Crippen molar-refractivity contribution in [3.05, 3.63) is 101 Å². The van der Waals surface area contributed by atoms with Gasteiger partial charge in [0, 0.05) is 29.2 Å². The SMILES string of the molecule is O=C(NCCc1c[nH]c2ccc(O)cc12)c1ccc(Cc2cccc(F)c2)cc1. The number of halogens is 1. The summed E-state index contributed by atoms with van der Waals surface area (Å²) in [5.41, 5.74) is 4.50. The molecule has 0 saturated carbocycles. The van der Waals surface area contributed by atoms with Crippen molar-refractivity contribution in [2.75, 3.05) is 6.54 Å². The number of carbonyl (C=O) groups is 1. The number of phenolic OH excluding ortho intramolecular Hbond substituents is 1. The zero-order valence-electron chi connectivity index (χ0n) is 15.8. The van der Waals surface area contributed by atoms with Gasteiger partial charge in [-0.15, -0.1) is 0 Å². The average molecular weight is 388 g/mol. The Labute approximate surface area is 168 Å². The van der Waals surface area contributed by atoms with Crippen molar-refractivity contribution in [1.82, 2.24) is 10.3 Å². The first kappa shape index (κ1) is 18.7. The predicted octanol–water partition coefficient (Wildman–Crippen LogP) is 4.58. The van der Waals surface area contributed by atoms with Crippen LogP contribution in [0.4, 0.5) is 4.39 Å². The minimum absolute atomic E-state index is 0.134. The molecule has 3 N–H and O–H groups in total. The lowest BCUT2D eigenvalue weighted by Gasteiger charge is -2.07. The van der Waals surface area contributed by atoms with Gasteiger partial charge in [-0.25, -0.2) is 4.39 Å². The Morgan fingerprint density at radius 1 is 1.00 bits per heavy atom. The molecular formula is C24H21FN2O2. The largest absolute Gasteiger partial charge is 0.508 e. The molecule has 1 heterocycles. The van der Waals surface area contributed by atoms with E-state index in [0.717, 1.165) is 27.6 Å². The molecule has 0 aliphatic carbocycles. The third-order valence-corrected chi connectivity index (χ3v) is 4.94. The number of hydrogen-bond acceptors (Lipinski definition) is 2. The number of carbonyl (C=O) groups excluding carboxylic acids is 1. The number of amides is 1. The minimum atomic E-state index is -0.246. The van der Waals surface area contributed by atoms with Crippen LogP contribution < -0.4 is 5.32 Å². The van der Waals surface area contributed by atoms with Crippen molar-refractivity contribution in [1.29, 1.82) is 0 Å². The Hall–Kier alpha value is -3.60. The van der Waals surface area contributed by atoms with E-state index in [1.165, 1.54) is 12.1 Å². The Kier molecular flexibility index (Phi) is 5.29. The van der Waals surface area contributed by atoms with Gasteiger partial charge in [-0.1, -0.05) is 24.3 Å². The fourth-order valence-corrected chi connectivity index (χ4v) is 3.44. The van der Waals surface area contributed by atoms with Crippen molar-refractivity contribution in [2.45, 2.75) is 12.8 Å². The Morgan fingerprint density at radius 3 is 2.62 bits per heavy atom. The Bertz CT molecular complexity index is 1150. The van der Waals surface area contributed by atoms with E-state index in [1.807, 2.05) is 30.5 Å². The van der Waals surface area contributed by atoms with Crippen molar-refractivity contribution in [2.24, 2.45) is 0 Å². The van der Waals surface area contributed by atoms with Crippen LogP contribution in [0, 0.1) is 5.82 Å². The maximum absolute atomic E-state index is 13.3. The van der Waals surface area contributed by atoms with Gasteiger partial charge in [-0.2, -0.15) is 0 Å². The topological polar surface area (TPSA) is 65.1 Å². The van der Waals surface area contributed by atoms with E-state index in [4.69, 9.17) is 0 Å². The van der Waals surface area contributed by atoms with Crippen LogP contribution in [-0.4, -0.2) is 22.5 Å². The number of benzene rings is 3. The van der Waals surface area contributed by atoms with Gasteiger partial charge in [0.2, 0.25) is 0 Å². The molecule has 4 aromatic rings. The van der Waals surface area contributed by atoms with Gasteiger partial charge >= 0.3 is 0 Å². The molecule has 29 heavy (non-hydrogen) atoms. The van der Waals surface area contributed by atoms with Crippen LogP contribution in [0.25, 0.3) is 10.9 Å². The van der Waals surface area contributed by atoms with Crippen LogP contribution in [0.3, 0.4) is 0 Å². The first-order valence-electron chi connectivity index (χ1n) is 9.49. The van der Waals surface area contributed by atoms with Gasteiger partial charge in [-0.3, -0.25) is 4.79 Å². The lowest BCUT2D eigenvalue weighted by molar-refractivity contribution is 0.0954. The second kappa shape index (κ2) is 8.19. The molecule has 1 aromatic heterocycles. The summed E-state index contributed by atoms with van der Waals surface area (Å²) < 4.78 is 13.3. The number of fused-ring (bicyclic) bond motifs is 1. The van der Waals surface area contributed by atoms with E-state index >= 15 is 0 Å². The van der Waals surface area contributed by atoms with Crippen molar-refractivity contribution in [3.8, 4) is 5.75 Å². The number of hydrogen-bond donors (Lipinski definition) is 3. The summed E-state index contributed by atoms with van der Waals surface area (Å²) in [6.45, 7) is 0.493. The van der Waals surface area contributed by atoms with Gasteiger partial charge in [0.15, 0.2) is 0 Å². The summed E-state index contributed by atoms with van der Waals surface area (Å²) in [4.78, 5) is 15.6. The highest BCUT2D eigenvalue weighted by Gasteiger charge is 2.08. The average Bonchev–Trinajstić information content (AvgIpc) is 3.10. The minimum Gasteiger partial charge on any atom is -0.508 e. The van der Waals surface area contributed by atoms with E-state index in [-0.39, 0.29) is 17.5 Å². The first-order valence-corrected chi connectivity index (χ1v) is 9.49. The summed E-state index contributed by atoms with van der Waals surface area (Å²) in [6.07, 6.45) is 3.18. The molecule has 0 bridgehead atoms. The highest BCUT2D eigenvalue weighted by atomic mass is 19.1. The molecule has 0 atom stereocenters. The van der Waals surface area contributed by atoms with Gasteiger partial charge in [0.1, 0.15) is 11.6 Å². The maximum atomic E-state index is 13.3. The molecule has 146 valence electrons. The van der Waals surface area contributed by atoms with Crippen LogP contribution >= 0.6 is 0 Å². The normalized spacial score (nSPS) is 10.9. The van der Waals surface area contributed by atoms with Gasteiger partial charge in [0.05, 0.1) is 0 Å². The maximum Gasteiger partial charge on any atom is 0.251 e. The van der Waals surface area contributed by atoms with Crippen LogP contribution in [0.1, 0.15) is 27.0 Å². The lowest BCUT2D eigenvalue weighted by Crippen LogP contribution is -2.25. The first-order chi connectivity index (χ1) is 14.1. The molecule has 1 amide bonds. The van der Waals surface area contributed by atoms with E-state index in [1.54, 1.807) is 30.3 Å². The third kappa shape index (κ3) is 4.46. The molecule has 0 spiro atoms. The Balaban J connectivity index is 1.34. The van der Waals surface area contributed by atoms with Gasteiger partial charge < -0.3 is 15.4 Å². The molecule has 4 rings (SSSR count). The summed E-state index contributed by atoms with van der Waals surface area (Å²) in [6, 6.07) is 19.1. The van der Waals surface area contributed by atoms with Crippen LogP contribution in [0.5, 0.6) is 5.75 Å². The van der Waals surface area contributed by atoms with E-state index in [0.29, 0.717) is 24.9 Å². The molecule has 0 aliphatic heterocycles. The quantitative estimate of drug-likeness (QED) is 0.453. The summed E-state index contributed by atoms with van der Waals surface area (Å²) >= 11 is 0. The zero-order chi connectivity index (χ0) is 20.2. The molecular weight excluding hydrogens is 367 g/mol. The molecule has 0 aliphatic rings. The summed E-state index contributed by atoms with van der Waals surface area (Å²) in [5, 5.41) is 13.5. The van der Waals surface area contributed by atoms with Crippen LogP contribution in [0.2, 0.25) is 0 Å². The fraction of sp³-hybridized carbons (Fsp3) is 0.125. The zero-order valence-corrected chi connectivity index (χ0v) is 15.8. The standard InChI is InChI=1S/C24H21FN2O2/c25-20-3-1-2-17(13-20)12-16-4-6-18(7-5-16)24(29)26-11-10-19-15-27-23-9-8-21(28)14-22(19)23/h1-9,13-15,27-28H,10-12H2,(H,26,29). The van der Waals surface area contributed by atoms with Crippen molar-refractivity contribution in [3.63, 3.8) is 0 Å². The number of rotatable bonds is 6. The molecule has 0 fully saturated rings. The number of H-pyrrole nitrogens is 1. The highest BCUT2D eigenvalue weighted by Crippen LogP contribution is 2.23. The number of nitrogens with one attached hydrogen (secondary N) is 2. The van der Waals surface area contributed by atoms with E-state index in [2.05, 4.69) is 10.3 Å². The molecule has 0 radical (unpaired) electrons. The second-order valence-electron chi connectivity index (χ2n) is 7.05. The molecule has 5 heteroatoms. The van der Waals surface area contributed by atoms with Crippen molar-refractivity contribution >= 4 is 16.8 Å². The van der Waals surface area contributed by atoms with Crippen LogP contribution in [-0.2, 0) is 12.8 Å². The van der Waals surface area contributed by atoms with Crippen LogP contribution in [0.15, 0.2) is 72.9 Å². The molecule has 0 unspecified atom stereocenters. The number of aromatic nitrogens is 1. The number of phenols is 1. The summed E-state index contributed by atoms with van der Waals surface area (Å²) in [7, 11) is 0. The monoisotopic (exact) mass is 388 g/mol. The third-order valence-electron chi connectivity index (χ3n) is 4.94. The summed E-state index contributed by atoms with van der Waals surface area (Å²) in [5.74, 6) is -0.158. The smallest absolute Gasteiger partial charge is 0.251 e. The second-order valence-corrected chi connectivity index (χ2v) is 7.05. The molecule has 3 aromatic carbocycles. The van der Waals surface area contributed by atoms with Crippen molar-refractivity contribution < 1.29 is 14.3 Å². The van der Waals surface area contributed by atoms with E-state index in [9.17, 15) is 14.3 Å². The predicted molar refractivity (Wildman–Crippen MR) is 112 cm³/mol. The highest BCUT2D eigenvalue weighted by molar-refractivity contribution is 5.94. The van der Waals surface area contributed by atoms with E-state index < -0.39 is 0 Å². The Morgan fingerprint density at radius 2 is 1.83 bits per heavy atom. The fourth-order valence-electron chi connectivity index (χ4n) is 3.44. The molecule has 0 saturated heterocycles. The lowest BCUT2D eigenvalue weighted by atomic mass is 10.0. The number of aromatic amines is 1. The van der Waals surface area contributed by atoms with Gasteiger partial charge in [-0.05, 0) is 72.0 Å².